The Balaban J connectivity index is 1.57. The molecule has 1 N–H and O–H groups in total. The summed E-state index contributed by atoms with van der Waals surface area (Å²) in [6, 6.07) is 16.4. The topological polar surface area (TPSA) is 111 Å². The number of ether oxygens (including phenoxy) is 1. The number of amides is 1. The standard InChI is InChI=1S/C29H25N5O4S/c1-17-12-18(2)20-6-5-8-22(21(20)13-17)32-33-26(19-10-11-27-24(14-19)30-28(35)15-38-27)16-39-29(33)31-23-7-3-4-9-25(23)34(36)37/h3-4,7,9-14,16H,5-6,8,15H2,1-2H3,(H,30,35). The van der Waals surface area contributed by atoms with Crippen molar-refractivity contribution in [1.29, 1.82) is 0 Å². The summed E-state index contributed by atoms with van der Waals surface area (Å²) in [7, 11) is 0. The zero-order chi connectivity index (χ0) is 27.1. The lowest BCUT2D eigenvalue weighted by Crippen LogP contribution is -2.25. The number of aryl methyl sites for hydroxylation is 2. The van der Waals surface area contributed by atoms with Crippen LogP contribution in [0.5, 0.6) is 5.75 Å². The summed E-state index contributed by atoms with van der Waals surface area (Å²) < 4.78 is 7.29. The Morgan fingerprint density at radius 3 is 2.79 bits per heavy atom. The molecular formula is C29H25N5O4S. The highest BCUT2D eigenvalue weighted by Gasteiger charge is 2.21. The number of nitro groups is 1. The van der Waals surface area contributed by atoms with Gasteiger partial charge in [0.2, 0.25) is 4.80 Å². The molecule has 0 atom stereocenters. The van der Waals surface area contributed by atoms with Crippen molar-refractivity contribution in [2.45, 2.75) is 33.1 Å². The molecule has 0 saturated heterocycles. The molecule has 2 heterocycles. The minimum absolute atomic E-state index is 0.0183. The lowest BCUT2D eigenvalue weighted by molar-refractivity contribution is -0.384. The van der Waals surface area contributed by atoms with E-state index < -0.39 is 4.92 Å². The Labute approximate surface area is 228 Å². The third-order valence-corrected chi connectivity index (χ3v) is 7.69. The van der Waals surface area contributed by atoms with Gasteiger partial charge in [0.15, 0.2) is 6.61 Å². The van der Waals surface area contributed by atoms with Crippen molar-refractivity contribution in [3.05, 3.63) is 97.1 Å². The monoisotopic (exact) mass is 539 g/mol. The summed E-state index contributed by atoms with van der Waals surface area (Å²) in [5.74, 6) is 0.387. The van der Waals surface area contributed by atoms with E-state index in [4.69, 9.17) is 14.8 Å². The van der Waals surface area contributed by atoms with E-state index in [9.17, 15) is 14.9 Å². The minimum atomic E-state index is -0.432. The lowest BCUT2D eigenvalue weighted by Gasteiger charge is -2.21. The van der Waals surface area contributed by atoms with Crippen LogP contribution in [0.25, 0.3) is 11.3 Å². The molecule has 0 bridgehead atoms. The summed E-state index contributed by atoms with van der Waals surface area (Å²) in [6.45, 7) is 4.20. The Morgan fingerprint density at radius 2 is 1.95 bits per heavy atom. The fourth-order valence-electron chi connectivity index (χ4n) is 5.11. The molecule has 3 aromatic carbocycles. The maximum absolute atomic E-state index is 11.9. The summed E-state index contributed by atoms with van der Waals surface area (Å²) in [4.78, 5) is 28.4. The van der Waals surface area contributed by atoms with Gasteiger partial charge in [0.1, 0.15) is 11.4 Å². The number of carbonyl (C=O) groups is 1. The highest BCUT2D eigenvalue weighted by Crippen LogP contribution is 2.34. The van der Waals surface area contributed by atoms with Gasteiger partial charge in [0.25, 0.3) is 11.6 Å². The second kappa shape index (κ2) is 9.95. The average molecular weight is 540 g/mol. The predicted molar refractivity (Wildman–Crippen MR) is 151 cm³/mol. The van der Waals surface area contributed by atoms with Crippen LogP contribution in [0.1, 0.15) is 35.1 Å². The van der Waals surface area contributed by atoms with Crippen LogP contribution >= 0.6 is 11.3 Å². The fraction of sp³-hybridized carbons (Fsp3) is 0.207. The number of nitrogens with zero attached hydrogens (tertiary/aromatic N) is 4. The highest BCUT2D eigenvalue weighted by atomic mass is 32.1. The Hall–Kier alpha value is -4.57. The number of anilines is 1. The third-order valence-electron chi connectivity index (χ3n) is 6.88. The largest absolute Gasteiger partial charge is 0.482 e. The van der Waals surface area contributed by atoms with Crippen molar-refractivity contribution in [2.24, 2.45) is 10.1 Å². The number of carbonyl (C=O) groups excluding carboxylic acids is 1. The summed E-state index contributed by atoms with van der Waals surface area (Å²) in [6.07, 6.45) is 2.78. The molecule has 1 aromatic heterocycles. The number of para-hydroxylation sites is 2. The first-order valence-corrected chi connectivity index (χ1v) is 13.5. The van der Waals surface area contributed by atoms with E-state index >= 15 is 0 Å². The molecule has 10 heteroatoms. The van der Waals surface area contributed by atoms with Crippen molar-refractivity contribution in [3.63, 3.8) is 0 Å². The Bertz CT molecular complexity index is 1750. The van der Waals surface area contributed by atoms with Crippen molar-refractivity contribution in [3.8, 4) is 17.0 Å². The summed E-state index contributed by atoms with van der Waals surface area (Å²) in [5.41, 5.74) is 8.13. The molecule has 1 aliphatic carbocycles. The van der Waals surface area contributed by atoms with E-state index in [-0.39, 0.29) is 23.9 Å². The molecule has 39 heavy (non-hydrogen) atoms. The number of nitro benzene ring substituents is 1. The Morgan fingerprint density at radius 1 is 1.10 bits per heavy atom. The smallest absolute Gasteiger partial charge is 0.294 e. The molecule has 1 aliphatic heterocycles. The third kappa shape index (κ3) is 4.74. The molecule has 0 radical (unpaired) electrons. The maximum atomic E-state index is 11.9. The molecule has 0 spiro atoms. The predicted octanol–water partition coefficient (Wildman–Crippen LogP) is 5.89. The van der Waals surface area contributed by atoms with Crippen molar-refractivity contribution < 1.29 is 14.5 Å². The normalized spacial score (nSPS) is 15.9. The van der Waals surface area contributed by atoms with Gasteiger partial charge < -0.3 is 10.1 Å². The van der Waals surface area contributed by atoms with E-state index in [0.717, 1.165) is 41.8 Å². The van der Waals surface area contributed by atoms with Gasteiger partial charge in [0.05, 0.1) is 22.0 Å². The Kier molecular flexibility index (Phi) is 6.32. The summed E-state index contributed by atoms with van der Waals surface area (Å²) >= 11 is 1.35. The zero-order valence-electron chi connectivity index (χ0n) is 21.4. The van der Waals surface area contributed by atoms with Gasteiger partial charge >= 0.3 is 0 Å². The van der Waals surface area contributed by atoms with E-state index in [1.165, 1.54) is 34.1 Å². The van der Waals surface area contributed by atoms with E-state index in [0.29, 0.717) is 16.2 Å². The maximum Gasteiger partial charge on any atom is 0.294 e. The average Bonchev–Trinajstić information content (AvgIpc) is 3.30. The van der Waals surface area contributed by atoms with E-state index in [2.05, 4.69) is 31.3 Å². The number of rotatable bonds is 4. The van der Waals surface area contributed by atoms with Gasteiger partial charge in [-0.1, -0.05) is 23.8 Å². The fourth-order valence-corrected chi connectivity index (χ4v) is 5.95. The van der Waals surface area contributed by atoms with Crippen LogP contribution in [0.2, 0.25) is 0 Å². The van der Waals surface area contributed by atoms with Gasteiger partial charge in [-0.15, -0.1) is 11.3 Å². The molecule has 0 fully saturated rings. The highest BCUT2D eigenvalue weighted by molar-refractivity contribution is 7.07. The second-order valence-corrected chi connectivity index (χ2v) is 10.5. The van der Waals surface area contributed by atoms with Gasteiger partial charge in [-0.05, 0) is 74.6 Å². The summed E-state index contributed by atoms with van der Waals surface area (Å²) in [5, 5.41) is 21.6. The second-order valence-electron chi connectivity index (χ2n) is 9.63. The van der Waals surface area contributed by atoms with Gasteiger partial charge in [0, 0.05) is 22.6 Å². The molecule has 0 saturated carbocycles. The number of benzene rings is 3. The first-order valence-electron chi connectivity index (χ1n) is 12.6. The van der Waals surface area contributed by atoms with Crippen molar-refractivity contribution in [1.82, 2.24) is 4.68 Å². The molecule has 4 aromatic rings. The van der Waals surface area contributed by atoms with Crippen LogP contribution < -0.4 is 14.9 Å². The molecule has 0 unspecified atom stereocenters. The van der Waals surface area contributed by atoms with Crippen LogP contribution in [0.15, 0.2) is 70.1 Å². The van der Waals surface area contributed by atoms with Crippen LogP contribution in [-0.2, 0) is 11.2 Å². The van der Waals surface area contributed by atoms with Crippen molar-refractivity contribution >= 4 is 40.0 Å². The van der Waals surface area contributed by atoms with E-state index in [1.807, 2.05) is 23.6 Å². The van der Waals surface area contributed by atoms with Crippen molar-refractivity contribution in [2.75, 3.05) is 11.9 Å². The molecular weight excluding hydrogens is 514 g/mol. The number of aromatic nitrogens is 1. The van der Waals surface area contributed by atoms with Gasteiger partial charge in [-0.25, -0.2) is 9.67 Å². The lowest BCUT2D eigenvalue weighted by atomic mass is 9.86. The quantitative estimate of drug-likeness (QED) is 0.257. The number of hydrogen-bond donors (Lipinski definition) is 1. The van der Waals surface area contributed by atoms with Gasteiger partial charge in [-0.3, -0.25) is 14.9 Å². The SMILES string of the molecule is Cc1cc(C)c2c(c1)C(=Nn1c(-c3ccc4c(c3)NC(=O)CO4)csc1=Nc1ccccc1[N+](=O)[O-])CCC2. The molecule has 9 nitrogen and oxygen atoms in total. The molecule has 196 valence electrons. The number of thiazole rings is 1. The van der Waals surface area contributed by atoms with Gasteiger partial charge in [-0.2, -0.15) is 5.10 Å². The van der Waals surface area contributed by atoms with Crippen LogP contribution in [0, 0.1) is 24.0 Å². The number of nitrogens with one attached hydrogen (secondary N) is 1. The van der Waals surface area contributed by atoms with Crippen LogP contribution in [0.3, 0.4) is 0 Å². The first-order chi connectivity index (χ1) is 18.9. The van der Waals surface area contributed by atoms with Crippen LogP contribution in [-0.4, -0.2) is 27.8 Å². The van der Waals surface area contributed by atoms with E-state index in [1.54, 1.807) is 22.9 Å². The van der Waals surface area contributed by atoms with Crippen LogP contribution in [0.4, 0.5) is 17.1 Å². The molecule has 6 rings (SSSR count). The minimum Gasteiger partial charge on any atom is -0.482 e. The zero-order valence-corrected chi connectivity index (χ0v) is 22.2. The molecule has 1 amide bonds. The number of fused-ring (bicyclic) bond motifs is 2. The first kappa shape index (κ1) is 24.7. The molecule has 2 aliphatic rings. The number of hydrogen-bond acceptors (Lipinski definition) is 7.